The Bertz CT molecular complexity index is 1050. The summed E-state index contributed by atoms with van der Waals surface area (Å²) in [6.45, 7) is 3.97. The number of hydrogen-bond donors (Lipinski definition) is 1. The Hall–Kier alpha value is -3.19. The summed E-state index contributed by atoms with van der Waals surface area (Å²) in [6, 6.07) is 11.4. The lowest BCUT2D eigenvalue weighted by atomic mass is 10.2. The number of rotatable bonds is 4. The maximum atomic E-state index is 12.4. The summed E-state index contributed by atoms with van der Waals surface area (Å²) < 4.78 is 6.92. The van der Waals surface area contributed by atoms with Gasteiger partial charge in [0.05, 0.1) is 17.6 Å². The first-order valence-electron chi connectivity index (χ1n) is 8.03. The van der Waals surface area contributed by atoms with E-state index >= 15 is 0 Å². The van der Waals surface area contributed by atoms with E-state index in [1.807, 2.05) is 54.9 Å². The molecule has 4 rings (SSSR count). The maximum Gasteiger partial charge on any atom is 0.275 e. The molecule has 0 fully saturated rings. The van der Waals surface area contributed by atoms with Crippen LogP contribution in [0.25, 0.3) is 16.3 Å². The van der Waals surface area contributed by atoms with Gasteiger partial charge >= 0.3 is 0 Å². The van der Waals surface area contributed by atoms with Crippen molar-refractivity contribution < 1.29 is 9.21 Å². The van der Waals surface area contributed by atoms with Crippen LogP contribution in [0.15, 0.2) is 58.7 Å². The highest BCUT2D eigenvalue weighted by atomic mass is 32.1. The molecule has 0 atom stereocenters. The van der Waals surface area contributed by atoms with Crippen molar-refractivity contribution in [1.29, 1.82) is 0 Å². The number of nitrogens with one attached hydrogen (secondary N) is 1. The minimum Gasteiger partial charge on any atom is -0.472 e. The van der Waals surface area contributed by atoms with Crippen molar-refractivity contribution >= 4 is 22.9 Å². The predicted octanol–water partition coefficient (Wildman–Crippen LogP) is 4.46. The van der Waals surface area contributed by atoms with Gasteiger partial charge in [-0.25, -0.2) is 9.67 Å². The van der Waals surface area contributed by atoms with Crippen molar-refractivity contribution in [3.63, 3.8) is 0 Å². The maximum absolute atomic E-state index is 12.4. The van der Waals surface area contributed by atoms with Gasteiger partial charge in [-0.2, -0.15) is 5.10 Å². The first kappa shape index (κ1) is 16.3. The molecular weight excluding hydrogens is 348 g/mol. The SMILES string of the molecule is Cc1cc(C)n(-c2ccc(NC(=O)c3csc(-c4ccoc4)n3)cc2)n1. The van der Waals surface area contributed by atoms with Crippen molar-refractivity contribution in [2.24, 2.45) is 0 Å². The molecule has 6 nitrogen and oxygen atoms in total. The van der Waals surface area contributed by atoms with E-state index in [0.29, 0.717) is 11.4 Å². The lowest BCUT2D eigenvalue weighted by Crippen LogP contribution is -2.12. The Morgan fingerprint density at radius 3 is 2.65 bits per heavy atom. The second-order valence-corrected chi connectivity index (χ2v) is 6.75. The summed E-state index contributed by atoms with van der Waals surface area (Å²) in [4.78, 5) is 16.8. The van der Waals surface area contributed by atoms with Gasteiger partial charge in [-0.05, 0) is 50.2 Å². The summed E-state index contributed by atoms with van der Waals surface area (Å²) in [5.41, 5.74) is 4.94. The number of carbonyl (C=O) groups is 1. The summed E-state index contributed by atoms with van der Waals surface area (Å²) in [6.07, 6.45) is 3.19. The molecule has 0 aliphatic rings. The summed E-state index contributed by atoms with van der Waals surface area (Å²) >= 11 is 1.41. The van der Waals surface area contributed by atoms with E-state index in [0.717, 1.165) is 27.6 Å². The molecule has 1 N–H and O–H groups in total. The van der Waals surface area contributed by atoms with Gasteiger partial charge < -0.3 is 9.73 Å². The second-order valence-electron chi connectivity index (χ2n) is 5.89. The number of carbonyl (C=O) groups excluding carboxylic acids is 1. The highest BCUT2D eigenvalue weighted by molar-refractivity contribution is 7.13. The van der Waals surface area contributed by atoms with Crippen molar-refractivity contribution in [1.82, 2.24) is 14.8 Å². The summed E-state index contributed by atoms with van der Waals surface area (Å²) in [7, 11) is 0. The normalized spacial score (nSPS) is 10.8. The van der Waals surface area contributed by atoms with Crippen LogP contribution in [-0.4, -0.2) is 20.7 Å². The van der Waals surface area contributed by atoms with Gasteiger partial charge in [-0.1, -0.05) is 0 Å². The molecule has 0 bridgehead atoms. The first-order chi connectivity index (χ1) is 12.6. The number of hydrogen-bond acceptors (Lipinski definition) is 5. The standard InChI is InChI=1S/C19H16N4O2S/c1-12-9-13(2)23(22-12)16-5-3-15(4-6-16)20-18(24)17-11-26-19(21-17)14-7-8-25-10-14/h3-11H,1-2H3,(H,20,24). The van der Waals surface area contributed by atoms with E-state index in [2.05, 4.69) is 15.4 Å². The summed E-state index contributed by atoms with van der Waals surface area (Å²) in [5.74, 6) is -0.241. The monoisotopic (exact) mass is 364 g/mol. The Morgan fingerprint density at radius 2 is 2.00 bits per heavy atom. The Balaban J connectivity index is 1.49. The van der Waals surface area contributed by atoms with Crippen LogP contribution in [-0.2, 0) is 0 Å². The van der Waals surface area contributed by atoms with Crippen molar-refractivity contribution in [3.8, 4) is 16.3 Å². The number of thiazole rings is 1. The lowest BCUT2D eigenvalue weighted by Gasteiger charge is -2.07. The molecule has 3 heterocycles. The zero-order valence-corrected chi connectivity index (χ0v) is 15.1. The molecule has 1 aromatic carbocycles. The Morgan fingerprint density at radius 1 is 1.19 bits per heavy atom. The lowest BCUT2D eigenvalue weighted by molar-refractivity contribution is 0.102. The molecule has 0 spiro atoms. The van der Waals surface area contributed by atoms with Crippen LogP contribution in [0.2, 0.25) is 0 Å². The van der Waals surface area contributed by atoms with Crippen LogP contribution in [0.4, 0.5) is 5.69 Å². The molecule has 7 heteroatoms. The van der Waals surface area contributed by atoms with Crippen LogP contribution < -0.4 is 5.32 Å². The molecule has 130 valence electrons. The van der Waals surface area contributed by atoms with Gasteiger partial charge in [0.1, 0.15) is 17.0 Å². The average molecular weight is 364 g/mol. The van der Waals surface area contributed by atoms with Crippen molar-refractivity contribution in [2.75, 3.05) is 5.32 Å². The van der Waals surface area contributed by atoms with E-state index in [9.17, 15) is 4.79 Å². The molecule has 0 aliphatic heterocycles. The minimum atomic E-state index is -0.241. The van der Waals surface area contributed by atoms with Crippen LogP contribution in [0.1, 0.15) is 21.9 Å². The zero-order chi connectivity index (χ0) is 18.1. The van der Waals surface area contributed by atoms with Crippen LogP contribution in [0.5, 0.6) is 0 Å². The largest absolute Gasteiger partial charge is 0.472 e. The fraction of sp³-hybridized carbons (Fsp3) is 0.105. The molecule has 0 saturated heterocycles. The molecule has 0 aliphatic carbocycles. The van der Waals surface area contributed by atoms with Crippen molar-refractivity contribution in [2.45, 2.75) is 13.8 Å². The highest BCUT2D eigenvalue weighted by Gasteiger charge is 2.13. The van der Waals surface area contributed by atoms with Crippen LogP contribution in [0.3, 0.4) is 0 Å². The number of furan rings is 1. The molecule has 0 radical (unpaired) electrons. The number of nitrogens with zero attached hydrogens (tertiary/aromatic N) is 3. The van der Waals surface area contributed by atoms with E-state index in [1.165, 1.54) is 11.3 Å². The van der Waals surface area contributed by atoms with Gasteiger partial charge in [0.25, 0.3) is 5.91 Å². The molecule has 26 heavy (non-hydrogen) atoms. The van der Waals surface area contributed by atoms with Gasteiger partial charge in [-0.15, -0.1) is 11.3 Å². The molecule has 1 amide bonds. The Kier molecular flexibility index (Phi) is 4.14. The quantitative estimate of drug-likeness (QED) is 0.580. The van der Waals surface area contributed by atoms with Crippen LogP contribution in [0, 0.1) is 13.8 Å². The molecule has 4 aromatic rings. The second kappa shape index (κ2) is 6.61. The summed E-state index contributed by atoms with van der Waals surface area (Å²) in [5, 5.41) is 9.82. The van der Waals surface area contributed by atoms with E-state index < -0.39 is 0 Å². The van der Waals surface area contributed by atoms with Crippen molar-refractivity contribution in [3.05, 3.63) is 71.4 Å². The molecule has 0 unspecified atom stereocenters. The third-order valence-corrected chi connectivity index (χ3v) is 4.78. The minimum absolute atomic E-state index is 0.241. The fourth-order valence-corrected chi connectivity index (χ4v) is 3.45. The number of aryl methyl sites for hydroxylation is 2. The number of anilines is 1. The topological polar surface area (TPSA) is 73.0 Å². The number of aromatic nitrogens is 3. The highest BCUT2D eigenvalue weighted by Crippen LogP contribution is 2.24. The van der Waals surface area contributed by atoms with Crippen LogP contribution >= 0.6 is 11.3 Å². The third-order valence-electron chi connectivity index (χ3n) is 3.88. The van der Waals surface area contributed by atoms with Gasteiger partial charge in [-0.3, -0.25) is 4.79 Å². The van der Waals surface area contributed by atoms with E-state index in [-0.39, 0.29) is 5.91 Å². The number of benzene rings is 1. The number of amides is 1. The Labute approximate surface area is 154 Å². The van der Waals surface area contributed by atoms with E-state index in [4.69, 9.17) is 4.42 Å². The third kappa shape index (κ3) is 3.16. The smallest absolute Gasteiger partial charge is 0.275 e. The fourth-order valence-electron chi connectivity index (χ4n) is 2.67. The molecule has 3 aromatic heterocycles. The van der Waals surface area contributed by atoms with Gasteiger partial charge in [0.15, 0.2) is 0 Å². The predicted molar refractivity (Wildman–Crippen MR) is 101 cm³/mol. The zero-order valence-electron chi connectivity index (χ0n) is 14.3. The van der Waals surface area contributed by atoms with Gasteiger partial charge in [0.2, 0.25) is 0 Å². The van der Waals surface area contributed by atoms with E-state index in [1.54, 1.807) is 17.9 Å². The average Bonchev–Trinajstić information content (AvgIpc) is 3.35. The molecular formula is C19H16N4O2S. The van der Waals surface area contributed by atoms with Gasteiger partial charge in [0, 0.05) is 22.3 Å². The first-order valence-corrected chi connectivity index (χ1v) is 8.91. The molecule has 0 saturated carbocycles.